The number of carbonyl (C=O) groups excluding carboxylic acids is 1. The molecule has 1 aliphatic rings. The van der Waals surface area contributed by atoms with Gasteiger partial charge in [0.1, 0.15) is 5.69 Å². The van der Waals surface area contributed by atoms with Crippen LogP contribution in [0, 0.1) is 0 Å². The molecule has 0 bridgehead atoms. The van der Waals surface area contributed by atoms with E-state index in [1.807, 2.05) is 53.6 Å². The van der Waals surface area contributed by atoms with Gasteiger partial charge in [0, 0.05) is 30.0 Å². The first-order chi connectivity index (χ1) is 10.8. The van der Waals surface area contributed by atoms with Crippen LogP contribution in [0.15, 0.2) is 54.9 Å². The number of nitrogens with one attached hydrogen (secondary N) is 1. The molecule has 1 N–H and O–H groups in total. The summed E-state index contributed by atoms with van der Waals surface area (Å²) in [4.78, 5) is 22.6. The molecule has 110 valence electrons. The normalized spacial score (nSPS) is 18.0. The van der Waals surface area contributed by atoms with Crippen LogP contribution in [0.5, 0.6) is 0 Å². The third-order valence-electron chi connectivity index (χ3n) is 4.37. The van der Waals surface area contributed by atoms with Gasteiger partial charge < -0.3 is 9.88 Å². The van der Waals surface area contributed by atoms with Gasteiger partial charge in [-0.2, -0.15) is 0 Å². The number of H-pyrrole nitrogens is 1. The number of aromatic nitrogens is 2. The van der Waals surface area contributed by atoms with Crippen LogP contribution >= 0.6 is 0 Å². The van der Waals surface area contributed by atoms with Gasteiger partial charge in [0.05, 0.1) is 6.04 Å². The fourth-order valence-electron chi connectivity index (χ4n) is 3.31. The molecule has 1 amide bonds. The van der Waals surface area contributed by atoms with Crippen LogP contribution in [-0.2, 0) is 0 Å². The first-order valence-corrected chi connectivity index (χ1v) is 7.62. The van der Waals surface area contributed by atoms with Gasteiger partial charge in [-0.1, -0.05) is 24.3 Å². The van der Waals surface area contributed by atoms with Gasteiger partial charge in [-0.15, -0.1) is 0 Å². The molecule has 1 aromatic carbocycles. The van der Waals surface area contributed by atoms with Gasteiger partial charge >= 0.3 is 0 Å². The molecule has 0 spiro atoms. The van der Waals surface area contributed by atoms with Crippen molar-refractivity contribution >= 4 is 16.7 Å². The molecule has 1 atom stereocenters. The maximum atomic E-state index is 13.0. The van der Waals surface area contributed by atoms with Gasteiger partial charge in [-0.05, 0) is 36.4 Å². The molecular weight excluding hydrogens is 274 g/mol. The van der Waals surface area contributed by atoms with Crippen molar-refractivity contribution in [3.05, 3.63) is 66.2 Å². The Morgan fingerprint density at radius 3 is 2.95 bits per heavy atom. The Hall–Kier alpha value is -2.62. The highest BCUT2D eigenvalue weighted by molar-refractivity contribution is 6.05. The number of rotatable bonds is 2. The van der Waals surface area contributed by atoms with E-state index in [0.29, 0.717) is 5.69 Å². The smallest absolute Gasteiger partial charge is 0.273 e. The van der Waals surface area contributed by atoms with E-state index in [4.69, 9.17) is 0 Å². The van der Waals surface area contributed by atoms with Crippen LogP contribution in [0.25, 0.3) is 10.8 Å². The number of hydrogen-bond donors (Lipinski definition) is 1. The average molecular weight is 291 g/mol. The molecule has 4 heteroatoms. The standard InChI is InChI=1S/C18H17N3O/c22-18(17-14-6-2-1-5-13(14)9-11-20-17)21-12-4-8-16(21)15-7-3-10-19-15/h1-3,5-7,9-11,16,19H,4,8,12H2/t16-/m0/s1. The minimum Gasteiger partial charge on any atom is -0.363 e. The largest absolute Gasteiger partial charge is 0.363 e. The van der Waals surface area contributed by atoms with Crippen molar-refractivity contribution in [1.29, 1.82) is 0 Å². The van der Waals surface area contributed by atoms with Crippen molar-refractivity contribution < 1.29 is 4.79 Å². The van der Waals surface area contributed by atoms with E-state index in [2.05, 4.69) is 9.97 Å². The lowest BCUT2D eigenvalue weighted by Crippen LogP contribution is -2.31. The summed E-state index contributed by atoms with van der Waals surface area (Å²) in [6.07, 6.45) is 5.65. The Kier molecular flexibility index (Phi) is 3.15. The van der Waals surface area contributed by atoms with E-state index in [1.54, 1.807) is 6.20 Å². The molecule has 1 saturated heterocycles. The number of fused-ring (bicyclic) bond motifs is 1. The third kappa shape index (κ3) is 2.08. The van der Waals surface area contributed by atoms with Crippen LogP contribution in [0.3, 0.4) is 0 Å². The van der Waals surface area contributed by atoms with Crippen LogP contribution in [0.4, 0.5) is 0 Å². The maximum Gasteiger partial charge on any atom is 0.273 e. The van der Waals surface area contributed by atoms with Crippen molar-refractivity contribution in [2.75, 3.05) is 6.54 Å². The van der Waals surface area contributed by atoms with E-state index < -0.39 is 0 Å². The highest BCUT2D eigenvalue weighted by Crippen LogP contribution is 2.32. The molecule has 1 aliphatic heterocycles. The number of benzene rings is 1. The van der Waals surface area contributed by atoms with Gasteiger partial charge in [-0.3, -0.25) is 9.78 Å². The molecule has 0 aliphatic carbocycles. The minimum atomic E-state index is 0.0221. The number of carbonyl (C=O) groups is 1. The Morgan fingerprint density at radius 1 is 1.18 bits per heavy atom. The highest BCUT2D eigenvalue weighted by atomic mass is 16.2. The van der Waals surface area contributed by atoms with Gasteiger partial charge in [0.15, 0.2) is 0 Å². The average Bonchev–Trinajstić information content (AvgIpc) is 3.24. The zero-order valence-electron chi connectivity index (χ0n) is 12.2. The molecule has 4 nitrogen and oxygen atoms in total. The van der Waals surface area contributed by atoms with Crippen LogP contribution in [-0.4, -0.2) is 27.3 Å². The minimum absolute atomic E-state index is 0.0221. The summed E-state index contributed by atoms with van der Waals surface area (Å²) >= 11 is 0. The zero-order valence-corrected chi connectivity index (χ0v) is 12.2. The number of likely N-dealkylation sites (tertiary alicyclic amines) is 1. The molecule has 3 heterocycles. The topological polar surface area (TPSA) is 49.0 Å². The number of pyridine rings is 1. The number of hydrogen-bond acceptors (Lipinski definition) is 2. The second kappa shape index (κ2) is 5.30. The van der Waals surface area contributed by atoms with E-state index in [-0.39, 0.29) is 11.9 Å². The van der Waals surface area contributed by atoms with E-state index in [0.717, 1.165) is 35.9 Å². The molecular formula is C18H17N3O. The second-order valence-corrected chi connectivity index (χ2v) is 5.66. The Morgan fingerprint density at radius 2 is 2.09 bits per heavy atom. The Labute approximate surface area is 128 Å². The molecule has 1 fully saturated rings. The molecule has 0 radical (unpaired) electrons. The summed E-state index contributed by atoms with van der Waals surface area (Å²) < 4.78 is 0. The molecule has 0 saturated carbocycles. The quantitative estimate of drug-likeness (QED) is 0.785. The highest BCUT2D eigenvalue weighted by Gasteiger charge is 2.32. The van der Waals surface area contributed by atoms with Gasteiger partial charge in [0.25, 0.3) is 5.91 Å². The lowest BCUT2D eigenvalue weighted by atomic mass is 10.1. The van der Waals surface area contributed by atoms with Crippen molar-refractivity contribution in [2.24, 2.45) is 0 Å². The van der Waals surface area contributed by atoms with Crippen LogP contribution in [0.1, 0.15) is 35.1 Å². The first kappa shape index (κ1) is 13.1. The van der Waals surface area contributed by atoms with E-state index in [1.165, 1.54) is 0 Å². The lowest BCUT2D eigenvalue weighted by Gasteiger charge is -2.24. The number of nitrogens with zero attached hydrogens (tertiary/aromatic N) is 2. The van der Waals surface area contributed by atoms with Crippen LogP contribution < -0.4 is 0 Å². The number of amides is 1. The maximum absolute atomic E-state index is 13.0. The predicted octanol–water partition coefficient (Wildman–Crippen LogP) is 3.54. The van der Waals surface area contributed by atoms with Crippen molar-refractivity contribution in [3.63, 3.8) is 0 Å². The fraction of sp³-hybridized carbons (Fsp3) is 0.222. The molecule has 3 aromatic rings. The summed E-state index contributed by atoms with van der Waals surface area (Å²) in [6, 6.07) is 14.0. The lowest BCUT2D eigenvalue weighted by molar-refractivity contribution is 0.0729. The van der Waals surface area contributed by atoms with Crippen molar-refractivity contribution in [2.45, 2.75) is 18.9 Å². The molecule has 2 aromatic heterocycles. The Bertz CT molecular complexity index is 805. The molecule has 4 rings (SSSR count). The summed E-state index contributed by atoms with van der Waals surface area (Å²) in [7, 11) is 0. The van der Waals surface area contributed by atoms with Gasteiger partial charge in [-0.25, -0.2) is 0 Å². The zero-order chi connectivity index (χ0) is 14.9. The van der Waals surface area contributed by atoms with E-state index in [9.17, 15) is 4.79 Å². The summed E-state index contributed by atoms with van der Waals surface area (Å²) in [5.41, 5.74) is 1.66. The molecule has 22 heavy (non-hydrogen) atoms. The third-order valence-corrected chi connectivity index (χ3v) is 4.37. The second-order valence-electron chi connectivity index (χ2n) is 5.66. The molecule has 0 unspecified atom stereocenters. The summed E-state index contributed by atoms with van der Waals surface area (Å²) in [5.74, 6) is 0.0221. The van der Waals surface area contributed by atoms with Gasteiger partial charge in [0.2, 0.25) is 0 Å². The SMILES string of the molecule is O=C(c1nccc2ccccc12)N1CCC[C@H]1c1ccc[nH]1. The first-order valence-electron chi connectivity index (χ1n) is 7.62. The monoisotopic (exact) mass is 291 g/mol. The predicted molar refractivity (Wildman–Crippen MR) is 85.5 cm³/mol. The number of aromatic amines is 1. The van der Waals surface area contributed by atoms with E-state index >= 15 is 0 Å². The summed E-state index contributed by atoms with van der Waals surface area (Å²) in [5, 5.41) is 1.98. The Balaban J connectivity index is 1.74. The van der Waals surface area contributed by atoms with Crippen molar-refractivity contribution in [1.82, 2.24) is 14.9 Å². The fourth-order valence-corrected chi connectivity index (χ4v) is 3.31. The summed E-state index contributed by atoms with van der Waals surface area (Å²) in [6.45, 7) is 0.785. The van der Waals surface area contributed by atoms with Crippen LogP contribution in [0.2, 0.25) is 0 Å². The van der Waals surface area contributed by atoms with Crippen molar-refractivity contribution in [3.8, 4) is 0 Å².